The Hall–Kier alpha value is -1.13. The summed E-state index contributed by atoms with van der Waals surface area (Å²) in [6.07, 6.45) is 4.62. The molecule has 2 fully saturated rings. The third kappa shape index (κ3) is 2.10. The van der Waals surface area contributed by atoms with E-state index in [1.54, 1.807) is 0 Å². The Kier molecular flexibility index (Phi) is 3.22. The van der Waals surface area contributed by atoms with Gasteiger partial charge in [0.05, 0.1) is 0 Å². The quantitative estimate of drug-likeness (QED) is 0.850. The first-order chi connectivity index (χ1) is 8.78. The Labute approximate surface area is 109 Å². The Balaban J connectivity index is 1.78. The lowest BCUT2D eigenvalue weighted by Gasteiger charge is -2.38. The predicted molar refractivity (Wildman–Crippen MR) is 73.7 cm³/mol. The third-order valence-electron chi connectivity index (χ3n) is 4.23. The van der Waals surface area contributed by atoms with Crippen LogP contribution in [-0.4, -0.2) is 42.1 Å². The van der Waals surface area contributed by atoms with Gasteiger partial charge in [-0.05, 0) is 43.5 Å². The fraction of sp³-hybridized carbons (Fsp3) is 0.643. The van der Waals surface area contributed by atoms with Gasteiger partial charge in [0, 0.05) is 38.4 Å². The summed E-state index contributed by atoms with van der Waals surface area (Å²) >= 11 is 0. The van der Waals surface area contributed by atoms with E-state index in [-0.39, 0.29) is 0 Å². The van der Waals surface area contributed by atoms with Gasteiger partial charge in [0.1, 0.15) is 5.82 Å². The van der Waals surface area contributed by atoms with Crippen LogP contribution < -0.4 is 10.6 Å². The molecular weight excluding hydrogens is 224 g/mol. The van der Waals surface area contributed by atoms with Gasteiger partial charge in [-0.2, -0.15) is 0 Å². The van der Waals surface area contributed by atoms with E-state index in [4.69, 9.17) is 5.73 Å². The number of rotatable bonds is 2. The van der Waals surface area contributed by atoms with Crippen LogP contribution in [0.3, 0.4) is 0 Å². The first kappa shape index (κ1) is 11.9. The van der Waals surface area contributed by atoms with E-state index in [0.717, 1.165) is 30.5 Å². The van der Waals surface area contributed by atoms with Crippen LogP contribution in [0, 0.1) is 6.92 Å². The van der Waals surface area contributed by atoms with E-state index in [1.165, 1.54) is 31.5 Å². The van der Waals surface area contributed by atoms with Gasteiger partial charge in [-0.25, -0.2) is 4.98 Å². The lowest BCUT2D eigenvalue weighted by molar-refractivity contribution is 0.230. The molecule has 1 aromatic rings. The summed E-state index contributed by atoms with van der Waals surface area (Å²) in [5.74, 6) is 1.15. The Morgan fingerprint density at radius 1 is 1.39 bits per heavy atom. The average molecular weight is 246 g/mol. The summed E-state index contributed by atoms with van der Waals surface area (Å²) < 4.78 is 0. The molecule has 1 aromatic heterocycles. The molecule has 3 rings (SSSR count). The number of aryl methyl sites for hydroxylation is 1. The molecule has 2 aliphatic heterocycles. The standard InChI is InChI=1S/C14H22N4/c1-11-7-12(8-15)9-16-14(11)18-6-5-17-4-2-3-13(17)10-18/h7,9,13H,2-6,8,10,15H2,1H3. The molecule has 0 saturated carbocycles. The highest BCUT2D eigenvalue weighted by atomic mass is 15.3. The second-order valence-electron chi connectivity index (χ2n) is 5.47. The number of fused-ring (bicyclic) bond motifs is 1. The van der Waals surface area contributed by atoms with Crippen molar-refractivity contribution in [1.29, 1.82) is 0 Å². The number of pyridine rings is 1. The van der Waals surface area contributed by atoms with E-state index in [2.05, 4.69) is 27.8 Å². The minimum absolute atomic E-state index is 0.574. The fourth-order valence-electron chi connectivity index (χ4n) is 3.25. The largest absolute Gasteiger partial charge is 0.354 e. The van der Waals surface area contributed by atoms with Crippen molar-refractivity contribution in [3.8, 4) is 0 Å². The van der Waals surface area contributed by atoms with Crippen molar-refractivity contribution in [1.82, 2.24) is 9.88 Å². The van der Waals surface area contributed by atoms with Gasteiger partial charge < -0.3 is 10.6 Å². The van der Waals surface area contributed by atoms with Crippen LogP contribution in [0.4, 0.5) is 5.82 Å². The monoisotopic (exact) mass is 246 g/mol. The number of piperazine rings is 1. The van der Waals surface area contributed by atoms with Crippen molar-refractivity contribution >= 4 is 5.82 Å². The highest BCUT2D eigenvalue weighted by Gasteiger charge is 2.31. The van der Waals surface area contributed by atoms with Gasteiger partial charge in [-0.1, -0.05) is 0 Å². The summed E-state index contributed by atoms with van der Waals surface area (Å²) in [5, 5.41) is 0. The molecule has 0 radical (unpaired) electrons. The van der Waals surface area contributed by atoms with E-state index in [0.29, 0.717) is 6.54 Å². The second-order valence-corrected chi connectivity index (χ2v) is 5.47. The molecule has 2 saturated heterocycles. The molecule has 4 nitrogen and oxygen atoms in total. The zero-order chi connectivity index (χ0) is 12.5. The molecule has 18 heavy (non-hydrogen) atoms. The number of aromatic nitrogens is 1. The summed E-state index contributed by atoms with van der Waals surface area (Å²) in [5.41, 5.74) is 8.03. The van der Waals surface area contributed by atoms with Gasteiger partial charge in [0.2, 0.25) is 0 Å². The second kappa shape index (κ2) is 4.86. The number of hydrogen-bond acceptors (Lipinski definition) is 4. The van der Waals surface area contributed by atoms with Crippen molar-refractivity contribution < 1.29 is 0 Å². The van der Waals surface area contributed by atoms with Gasteiger partial charge in [-0.3, -0.25) is 4.90 Å². The molecule has 0 aliphatic carbocycles. The Morgan fingerprint density at radius 2 is 2.28 bits per heavy atom. The molecule has 0 bridgehead atoms. The zero-order valence-electron chi connectivity index (χ0n) is 11.1. The first-order valence-corrected chi connectivity index (χ1v) is 6.92. The summed E-state index contributed by atoms with van der Waals surface area (Å²) in [6, 6.07) is 2.91. The van der Waals surface area contributed by atoms with E-state index < -0.39 is 0 Å². The summed E-state index contributed by atoms with van der Waals surface area (Å²) in [4.78, 5) is 9.69. The van der Waals surface area contributed by atoms with Gasteiger partial charge in [0.15, 0.2) is 0 Å². The lowest BCUT2D eigenvalue weighted by atomic mass is 10.1. The zero-order valence-corrected chi connectivity index (χ0v) is 11.1. The van der Waals surface area contributed by atoms with E-state index in [1.807, 2.05) is 6.20 Å². The van der Waals surface area contributed by atoms with Crippen LogP contribution in [0.1, 0.15) is 24.0 Å². The van der Waals surface area contributed by atoms with Crippen LogP contribution in [0.2, 0.25) is 0 Å². The van der Waals surface area contributed by atoms with Gasteiger partial charge in [0.25, 0.3) is 0 Å². The number of hydrogen-bond donors (Lipinski definition) is 1. The highest BCUT2D eigenvalue weighted by molar-refractivity contribution is 5.48. The minimum atomic E-state index is 0.574. The van der Waals surface area contributed by atoms with Crippen molar-refractivity contribution in [2.75, 3.05) is 31.1 Å². The van der Waals surface area contributed by atoms with Crippen LogP contribution >= 0.6 is 0 Å². The summed E-state index contributed by atoms with van der Waals surface area (Å²) in [6.45, 7) is 7.43. The third-order valence-corrected chi connectivity index (χ3v) is 4.23. The maximum atomic E-state index is 5.66. The van der Waals surface area contributed by atoms with Crippen molar-refractivity contribution in [3.05, 3.63) is 23.4 Å². The molecular formula is C14H22N4. The number of nitrogens with zero attached hydrogens (tertiary/aromatic N) is 3. The van der Waals surface area contributed by atoms with E-state index >= 15 is 0 Å². The first-order valence-electron chi connectivity index (χ1n) is 6.92. The van der Waals surface area contributed by atoms with Crippen molar-refractivity contribution in [2.24, 2.45) is 5.73 Å². The SMILES string of the molecule is Cc1cc(CN)cnc1N1CCN2CCCC2C1. The van der Waals surface area contributed by atoms with Crippen LogP contribution in [0.25, 0.3) is 0 Å². The topological polar surface area (TPSA) is 45.4 Å². The molecule has 4 heteroatoms. The van der Waals surface area contributed by atoms with Crippen LogP contribution in [0.5, 0.6) is 0 Å². The molecule has 2 aliphatic rings. The van der Waals surface area contributed by atoms with Gasteiger partial charge in [-0.15, -0.1) is 0 Å². The molecule has 0 amide bonds. The lowest BCUT2D eigenvalue weighted by Crippen LogP contribution is -2.50. The molecule has 3 heterocycles. The molecule has 2 N–H and O–H groups in total. The molecule has 1 unspecified atom stereocenters. The minimum Gasteiger partial charge on any atom is -0.354 e. The maximum Gasteiger partial charge on any atom is 0.131 e. The summed E-state index contributed by atoms with van der Waals surface area (Å²) in [7, 11) is 0. The fourth-order valence-corrected chi connectivity index (χ4v) is 3.25. The molecule has 98 valence electrons. The molecule has 0 spiro atoms. The van der Waals surface area contributed by atoms with Crippen molar-refractivity contribution in [2.45, 2.75) is 32.4 Å². The smallest absolute Gasteiger partial charge is 0.131 e. The highest BCUT2D eigenvalue weighted by Crippen LogP contribution is 2.26. The Morgan fingerprint density at radius 3 is 3.06 bits per heavy atom. The maximum absolute atomic E-state index is 5.66. The Bertz CT molecular complexity index is 432. The van der Waals surface area contributed by atoms with Crippen LogP contribution in [0.15, 0.2) is 12.3 Å². The normalized spacial score (nSPS) is 24.3. The number of nitrogens with two attached hydrogens (primary N) is 1. The predicted octanol–water partition coefficient (Wildman–Crippen LogP) is 1.13. The molecule has 0 aromatic carbocycles. The molecule has 1 atom stereocenters. The van der Waals surface area contributed by atoms with Gasteiger partial charge >= 0.3 is 0 Å². The number of anilines is 1. The van der Waals surface area contributed by atoms with E-state index in [9.17, 15) is 0 Å². The average Bonchev–Trinajstić information content (AvgIpc) is 2.85. The van der Waals surface area contributed by atoms with Crippen molar-refractivity contribution in [3.63, 3.8) is 0 Å². The van der Waals surface area contributed by atoms with Crippen LogP contribution in [-0.2, 0) is 6.54 Å².